The summed E-state index contributed by atoms with van der Waals surface area (Å²) in [6.07, 6.45) is 2.02. The van der Waals surface area contributed by atoms with Crippen molar-refractivity contribution in [2.45, 2.75) is 12.4 Å². The predicted octanol–water partition coefficient (Wildman–Crippen LogP) is 1.62. The number of aromatic carboxylic acids is 1. The van der Waals surface area contributed by atoms with E-state index in [-0.39, 0.29) is 23.6 Å². The first-order chi connectivity index (χ1) is 12.5. The molecule has 3 aromatic rings. The SMILES string of the molecule is O=C(O)c1cccc2c1OB(O)C(NC(=O)c1cccc3cc[nH]c13)C2. The summed E-state index contributed by atoms with van der Waals surface area (Å²) < 4.78 is 5.40. The third-order valence-corrected chi connectivity index (χ3v) is 4.50. The third kappa shape index (κ3) is 2.70. The van der Waals surface area contributed by atoms with Crippen molar-refractivity contribution < 1.29 is 24.4 Å². The molecule has 2 heterocycles. The van der Waals surface area contributed by atoms with E-state index in [0.29, 0.717) is 16.6 Å². The van der Waals surface area contributed by atoms with Crippen molar-refractivity contribution >= 4 is 29.9 Å². The van der Waals surface area contributed by atoms with Gasteiger partial charge in [0.05, 0.1) is 22.6 Å². The standard InChI is InChI=1S/C18H15BN2O5/c22-17(12-5-1-3-10-7-8-20-15(10)12)21-14-9-11-4-2-6-13(18(23)24)16(11)26-19(14)25/h1-8,14,20,25H,9H2,(H,21,22)(H,23,24). The van der Waals surface area contributed by atoms with Crippen LogP contribution in [-0.4, -0.2) is 40.1 Å². The highest BCUT2D eigenvalue weighted by Crippen LogP contribution is 2.30. The van der Waals surface area contributed by atoms with Crippen molar-refractivity contribution in [2.75, 3.05) is 0 Å². The number of aromatic nitrogens is 1. The number of amides is 1. The Hall–Kier alpha value is -3.26. The van der Waals surface area contributed by atoms with Gasteiger partial charge in [-0.15, -0.1) is 0 Å². The summed E-state index contributed by atoms with van der Waals surface area (Å²) in [7, 11) is -1.34. The van der Waals surface area contributed by atoms with Gasteiger partial charge in [-0.3, -0.25) is 4.79 Å². The molecule has 4 rings (SSSR count). The van der Waals surface area contributed by atoms with Crippen molar-refractivity contribution in [3.8, 4) is 5.75 Å². The molecule has 4 N–H and O–H groups in total. The van der Waals surface area contributed by atoms with E-state index < -0.39 is 19.0 Å². The number of carbonyl (C=O) groups is 2. The monoisotopic (exact) mass is 350 g/mol. The molecular formula is C18H15BN2O5. The summed E-state index contributed by atoms with van der Waals surface area (Å²) in [5, 5.41) is 23.2. The predicted molar refractivity (Wildman–Crippen MR) is 95.3 cm³/mol. The zero-order valence-corrected chi connectivity index (χ0v) is 13.6. The second-order valence-electron chi connectivity index (χ2n) is 6.14. The number of H-pyrrole nitrogens is 1. The Morgan fingerprint density at radius 2 is 1.92 bits per heavy atom. The number of fused-ring (bicyclic) bond motifs is 2. The molecule has 1 aromatic heterocycles. The van der Waals surface area contributed by atoms with E-state index in [2.05, 4.69) is 10.3 Å². The number of benzene rings is 2. The summed E-state index contributed by atoms with van der Waals surface area (Å²) in [4.78, 5) is 27.0. The quantitative estimate of drug-likeness (QED) is 0.537. The number of para-hydroxylation sites is 2. The van der Waals surface area contributed by atoms with Gasteiger partial charge in [-0.05, 0) is 30.2 Å². The van der Waals surface area contributed by atoms with E-state index >= 15 is 0 Å². The normalized spacial score (nSPS) is 16.0. The Kier molecular flexibility index (Phi) is 3.89. The van der Waals surface area contributed by atoms with Crippen LogP contribution in [0.2, 0.25) is 0 Å². The number of carbonyl (C=O) groups excluding carboxylic acids is 1. The minimum Gasteiger partial charge on any atom is -0.534 e. The van der Waals surface area contributed by atoms with Crippen LogP contribution < -0.4 is 9.97 Å². The molecule has 0 saturated carbocycles. The van der Waals surface area contributed by atoms with E-state index in [4.69, 9.17) is 4.65 Å². The maximum absolute atomic E-state index is 12.7. The second-order valence-corrected chi connectivity index (χ2v) is 6.14. The van der Waals surface area contributed by atoms with E-state index in [0.717, 1.165) is 5.39 Å². The van der Waals surface area contributed by atoms with Gasteiger partial charge in [0.25, 0.3) is 5.91 Å². The molecule has 7 nitrogen and oxygen atoms in total. The van der Waals surface area contributed by atoms with Crippen LogP contribution in [-0.2, 0) is 6.42 Å². The number of aromatic amines is 1. The van der Waals surface area contributed by atoms with Crippen molar-refractivity contribution in [3.05, 3.63) is 65.4 Å². The summed E-state index contributed by atoms with van der Waals surface area (Å²) in [6, 6.07) is 12.0. The molecule has 0 spiro atoms. The molecule has 0 radical (unpaired) electrons. The Morgan fingerprint density at radius 1 is 1.15 bits per heavy atom. The maximum Gasteiger partial charge on any atom is 0.547 e. The van der Waals surface area contributed by atoms with Crippen LogP contribution in [0.3, 0.4) is 0 Å². The van der Waals surface area contributed by atoms with E-state index in [1.54, 1.807) is 30.5 Å². The lowest BCUT2D eigenvalue weighted by Gasteiger charge is -2.28. The maximum atomic E-state index is 12.7. The van der Waals surface area contributed by atoms with Gasteiger partial charge in [-0.25, -0.2) is 4.79 Å². The van der Waals surface area contributed by atoms with Gasteiger partial charge in [0.2, 0.25) is 0 Å². The summed E-state index contributed by atoms with van der Waals surface area (Å²) in [5.74, 6) is -2.02. The molecule has 1 amide bonds. The Labute approximate surface area is 148 Å². The first-order valence-electron chi connectivity index (χ1n) is 8.11. The minimum atomic E-state index is -1.34. The zero-order chi connectivity index (χ0) is 18.3. The second kappa shape index (κ2) is 6.23. The molecule has 1 atom stereocenters. The number of nitrogens with one attached hydrogen (secondary N) is 2. The van der Waals surface area contributed by atoms with Gasteiger partial charge in [0, 0.05) is 11.6 Å². The fourth-order valence-corrected chi connectivity index (χ4v) is 3.24. The molecule has 1 aliphatic heterocycles. The van der Waals surface area contributed by atoms with Gasteiger partial charge in [-0.1, -0.05) is 24.3 Å². The lowest BCUT2D eigenvalue weighted by atomic mass is 9.72. The summed E-state index contributed by atoms with van der Waals surface area (Å²) >= 11 is 0. The molecule has 1 unspecified atom stereocenters. The molecule has 0 aliphatic carbocycles. The van der Waals surface area contributed by atoms with Crippen LogP contribution in [0, 0.1) is 0 Å². The average molecular weight is 350 g/mol. The van der Waals surface area contributed by atoms with Crippen LogP contribution in [0.5, 0.6) is 5.75 Å². The fourth-order valence-electron chi connectivity index (χ4n) is 3.24. The highest BCUT2D eigenvalue weighted by molar-refractivity contribution is 6.47. The summed E-state index contributed by atoms with van der Waals surface area (Å²) in [6.45, 7) is 0. The zero-order valence-electron chi connectivity index (χ0n) is 13.6. The Morgan fingerprint density at radius 3 is 2.73 bits per heavy atom. The van der Waals surface area contributed by atoms with E-state index in [9.17, 15) is 19.7 Å². The largest absolute Gasteiger partial charge is 0.547 e. The Bertz CT molecular complexity index is 1020. The molecule has 2 aromatic carbocycles. The first-order valence-corrected chi connectivity index (χ1v) is 8.11. The van der Waals surface area contributed by atoms with Crippen LogP contribution in [0.1, 0.15) is 26.3 Å². The average Bonchev–Trinajstić information content (AvgIpc) is 3.10. The van der Waals surface area contributed by atoms with Crippen LogP contribution >= 0.6 is 0 Å². The number of rotatable bonds is 3. The fraction of sp³-hybridized carbons (Fsp3) is 0.111. The van der Waals surface area contributed by atoms with E-state index in [1.165, 1.54) is 6.07 Å². The van der Waals surface area contributed by atoms with Crippen LogP contribution in [0.25, 0.3) is 10.9 Å². The molecule has 130 valence electrons. The lowest BCUT2D eigenvalue weighted by Crippen LogP contribution is -2.53. The van der Waals surface area contributed by atoms with Crippen LogP contribution in [0.15, 0.2) is 48.7 Å². The highest BCUT2D eigenvalue weighted by Gasteiger charge is 2.38. The molecule has 0 fully saturated rings. The van der Waals surface area contributed by atoms with Gasteiger partial charge in [-0.2, -0.15) is 0 Å². The number of carboxylic acids is 1. The number of carboxylic acid groups (broad SMARTS) is 1. The van der Waals surface area contributed by atoms with Gasteiger partial charge in [0.1, 0.15) is 5.75 Å². The molecule has 0 bridgehead atoms. The lowest BCUT2D eigenvalue weighted by molar-refractivity contribution is 0.0693. The molecule has 0 saturated heterocycles. The Balaban J connectivity index is 1.60. The topological polar surface area (TPSA) is 112 Å². The van der Waals surface area contributed by atoms with Gasteiger partial charge in [0.15, 0.2) is 0 Å². The number of hydrogen-bond donors (Lipinski definition) is 4. The molecular weight excluding hydrogens is 335 g/mol. The van der Waals surface area contributed by atoms with Crippen LogP contribution in [0.4, 0.5) is 0 Å². The molecule has 8 heteroatoms. The number of hydrogen-bond acceptors (Lipinski definition) is 4. The van der Waals surface area contributed by atoms with Gasteiger partial charge >= 0.3 is 13.1 Å². The van der Waals surface area contributed by atoms with Crippen molar-refractivity contribution in [1.82, 2.24) is 10.3 Å². The smallest absolute Gasteiger partial charge is 0.534 e. The van der Waals surface area contributed by atoms with Crippen molar-refractivity contribution in [1.29, 1.82) is 0 Å². The minimum absolute atomic E-state index is 0.0116. The highest BCUT2D eigenvalue weighted by atomic mass is 16.5. The summed E-state index contributed by atoms with van der Waals surface area (Å²) in [5.41, 5.74) is 1.79. The van der Waals surface area contributed by atoms with Gasteiger partial charge < -0.3 is 25.1 Å². The van der Waals surface area contributed by atoms with E-state index in [1.807, 2.05) is 12.1 Å². The van der Waals surface area contributed by atoms with Crippen molar-refractivity contribution in [3.63, 3.8) is 0 Å². The third-order valence-electron chi connectivity index (χ3n) is 4.50. The molecule has 26 heavy (non-hydrogen) atoms. The van der Waals surface area contributed by atoms with Crippen molar-refractivity contribution in [2.24, 2.45) is 0 Å². The molecule has 1 aliphatic rings. The first kappa shape index (κ1) is 16.2.